The number of hydrogen-bond donors (Lipinski definition) is 1. The summed E-state index contributed by atoms with van der Waals surface area (Å²) in [4.78, 5) is 32.5. The average molecular weight is 520 g/mol. The fourth-order valence-electron chi connectivity index (χ4n) is 3.88. The predicted molar refractivity (Wildman–Crippen MR) is 146 cm³/mol. The maximum absolute atomic E-state index is 13.4. The maximum atomic E-state index is 13.4. The van der Waals surface area contributed by atoms with Gasteiger partial charge in [0.05, 0.1) is 27.0 Å². The Morgan fingerprint density at radius 1 is 0.946 bits per heavy atom. The van der Waals surface area contributed by atoms with Crippen molar-refractivity contribution in [2.24, 2.45) is 4.99 Å². The zero-order chi connectivity index (χ0) is 26.2. The zero-order valence-electron chi connectivity index (χ0n) is 21.0. The minimum Gasteiger partial charge on any atom is -0.497 e. The number of carbonyl (C=O) groups excluding carboxylic acids is 2. The molecule has 3 aromatic carbocycles. The Balaban J connectivity index is 1.52. The molecule has 2 amide bonds. The lowest BCUT2D eigenvalue weighted by Gasteiger charge is -2.17. The lowest BCUT2D eigenvalue weighted by molar-refractivity contribution is -0.128. The molecular formula is C28H29N3O5S. The van der Waals surface area contributed by atoms with Gasteiger partial charge in [0.25, 0.3) is 0 Å². The number of rotatable bonds is 10. The molecule has 1 aliphatic heterocycles. The number of benzene rings is 3. The molecule has 0 saturated carbocycles. The van der Waals surface area contributed by atoms with E-state index in [2.05, 4.69) is 5.32 Å². The highest BCUT2D eigenvalue weighted by Crippen LogP contribution is 2.33. The molecule has 0 bridgehead atoms. The van der Waals surface area contributed by atoms with Gasteiger partial charge in [-0.15, -0.1) is 0 Å². The Labute approximate surface area is 220 Å². The number of thioether (sulfide) groups is 1. The first-order valence-corrected chi connectivity index (χ1v) is 12.6. The molecule has 9 heteroatoms. The van der Waals surface area contributed by atoms with Crippen LogP contribution in [-0.2, 0) is 16.0 Å². The van der Waals surface area contributed by atoms with Gasteiger partial charge < -0.3 is 19.5 Å². The number of amidine groups is 1. The highest BCUT2D eigenvalue weighted by Gasteiger charge is 2.39. The van der Waals surface area contributed by atoms with Gasteiger partial charge in [-0.25, -0.2) is 4.99 Å². The normalized spacial score (nSPS) is 16.1. The van der Waals surface area contributed by atoms with Crippen molar-refractivity contribution >= 4 is 40.1 Å². The number of hydrogen-bond acceptors (Lipinski definition) is 7. The Morgan fingerprint density at radius 2 is 1.68 bits per heavy atom. The standard InChI is InChI=1S/C28H29N3O5S/c1-34-22-12-10-21(11-13-22)30-28-31(16-15-19-9-14-23(35-2)24(17-19)36-3)27(33)25(37-28)18-26(32)29-20-7-5-4-6-8-20/h4-14,17,25H,15-16,18H2,1-3H3,(H,29,32). The van der Waals surface area contributed by atoms with Crippen LogP contribution in [0.2, 0.25) is 0 Å². The summed E-state index contributed by atoms with van der Waals surface area (Å²) in [6, 6.07) is 22.2. The average Bonchev–Trinajstić information content (AvgIpc) is 3.21. The SMILES string of the molecule is COc1ccc(N=C2SC(CC(=O)Nc3ccccc3)C(=O)N2CCc2ccc(OC)c(OC)c2)cc1. The molecule has 1 heterocycles. The van der Waals surface area contributed by atoms with Crippen LogP contribution >= 0.6 is 11.8 Å². The molecule has 37 heavy (non-hydrogen) atoms. The first-order valence-electron chi connectivity index (χ1n) is 11.8. The minimum absolute atomic E-state index is 0.0485. The van der Waals surface area contributed by atoms with Gasteiger partial charge in [-0.05, 0) is 60.5 Å². The molecule has 8 nitrogen and oxygen atoms in total. The minimum atomic E-state index is -0.564. The second-order valence-electron chi connectivity index (χ2n) is 8.25. The van der Waals surface area contributed by atoms with Crippen LogP contribution in [-0.4, -0.2) is 55.0 Å². The number of anilines is 1. The molecule has 0 spiro atoms. The third-order valence-electron chi connectivity index (χ3n) is 5.82. The van der Waals surface area contributed by atoms with Gasteiger partial charge >= 0.3 is 0 Å². The third-order valence-corrected chi connectivity index (χ3v) is 6.99. The Kier molecular flexibility index (Phi) is 8.68. The molecule has 3 aromatic rings. The molecule has 4 rings (SSSR count). The number of amides is 2. The van der Waals surface area contributed by atoms with E-state index in [0.717, 1.165) is 11.3 Å². The second kappa shape index (κ2) is 12.3. The van der Waals surface area contributed by atoms with Crippen molar-refractivity contribution < 1.29 is 23.8 Å². The zero-order valence-corrected chi connectivity index (χ0v) is 21.8. The molecule has 1 saturated heterocycles. The van der Waals surface area contributed by atoms with Crippen LogP contribution in [0.5, 0.6) is 17.2 Å². The smallest absolute Gasteiger partial charge is 0.242 e. The number of nitrogens with zero attached hydrogens (tertiary/aromatic N) is 2. The number of carbonyl (C=O) groups is 2. The molecule has 1 unspecified atom stereocenters. The van der Waals surface area contributed by atoms with Crippen molar-refractivity contribution in [1.82, 2.24) is 4.90 Å². The van der Waals surface area contributed by atoms with E-state index in [1.54, 1.807) is 26.2 Å². The summed E-state index contributed by atoms with van der Waals surface area (Å²) in [5.74, 6) is 1.64. The number of ether oxygens (including phenoxy) is 3. The van der Waals surface area contributed by atoms with E-state index < -0.39 is 5.25 Å². The largest absolute Gasteiger partial charge is 0.497 e. The molecular weight excluding hydrogens is 490 g/mol. The third kappa shape index (κ3) is 6.62. The van der Waals surface area contributed by atoms with Crippen molar-refractivity contribution in [3.63, 3.8) is 0 Å². The number of para-hydroxylation sites is 1. The second-order valence-corrected chi connectivity index (χ2v) is 9.42. The highest BCUT2D eigenvalue weighted by molar-refractivity contribution is 8.15. The molecule has 1 N–H and O–H groups in total. The number of methoxy groups -OCH3 is 3. The van der Waals surface area contributed by atoms with Crippen molar-refractivity contribution in [2.45, 2.75) is 18.1 Å². The van der Waals surface area contributed by atoms with E-state index in [1.807, 2.05) is 72.8 Å². The van der Waals surface area contributed by atoms with Crippen LogP contribution in [0, 0.1) is 0 Å². The summed E-state index contributed by atoms with van der Waals surface area (Å²) >= 11 is 1.31. The molecule has 0 aliphatic carbocycles. The van der Waals surface area contributed by atoms with Gasteiger partial charge in [-0.1, -0.05) is 36.0 Å². The monoisotopic (exact) mass is 519 g/mol. The van der Waals surface area contributed by atoms with E-state index in [0.29, 0.717) is 41.0 Å². The van der Waals surface area contributed by atoms with E-state index in [1.165, 1.54) is 11.8 Å². The summed E-state index contributed by atoms with van der Waals surface area (Å²) < 4.78 is 16.0. The molecule has 1 fully saturated rings. The summed E-state index contributed by atoms with van der Waals surface area (Å²) in [5.41, 5.74) is 2.38. The number of nitrogens with one attached hydrogen (secondary N) is 1. The van der Waals surface area contributed by atoms with Crippen LogP contribution in [0.15, 0.2) is 77.8 Å². The van der Waals surface area contributed by atoms with Gasteiger partial charge in [0.15, 0.2) is 16.7 Å². The van der Waals surface area contributed by atoms with E-state index in [9.17, 15) is 9.59 Å². The first kappa shape index (κ1) is 26.1. The molecule has 0 aromatic heterocycles. The van der Waals surface area contributed by atoms with Crippen LogP contribution in [0.4, 0.5) is 11.4 Å². The summed E-state index contributed by atoms with van der Waals surface area (Å²) in [5, 5.41) is 2.86. The van der Waals surface area contributed by atoms with Crippen molar-refractivity contribution in [1.29, 1.82) is 0 Å². The van der Waals surface area contributed by atoms with Crippen molar-refractivity contribution in [3.8, 4) is 17.2 Å². The summed E-state index contributed by atoms with van der Waals surface area (Å²) in [6.45, 7) is 0.410. The van der Waals surface area contributed by atoms with E-state index in [-0.39, 0.29) is 18.2 Å². The van der Waals surface area contributed by atoms with Gasteiger partial charge in [0, 0.05) is 18.7 Å². The maximum Gasteiger partial charge on any atom is 0.242 e. The van der Waals surface area contributed by atoms with Gasteiger partial charge in [0.2, 0.25) is 11.8 Å². The number of aliphatic imine (C=N–C) groups is 1. The fraction of sp³-hybridized carbons (Fsp3) is 0.250. The van der Waals surface area contributed by atoms with Crippen molar-refractivity contribution in [2.75, 3.05) is 33.2 Å². The molecule has 1 atom stereocenters. The molecule has 1 aliphatic rings. The van der Waals surface area contributed by atoms with Crippen LogP contribution < -0.4 is 19.5 Å². The highest BCUT2D eigenvalue weighted by atomic mass is 32.2. The van der Waals surface area contributed by atoms with E-state index >= 15 is 0 Å². The van der Waals surface area contributed by atoms with E-state index in [4.69, 9.17) is 19.2 Å². The Morgan fingerprint density at radius 3 is 2.35 bits per heavy atom. The quantitative estimate of drug-likeness (QED) is 0.409. The Bertz CT molecular complexity index is 1260. The van der Waals surface area contributed by atoms with Crippen molar-refractivity contribution in [3.05, 3.63) is 78.4 Å². The van der Waals surface area contributed by atoms with Gasteiger partial charge in [0.1, 0.15) is 11.0 Å². The lowest BCUT2D eigenvalue weighted by Crippen LogP contribution is -2.35. The van der Waals surface area contributed by atoms with Crippen LogP contribution in [0.1, 0.15) is 12.0 Å². The summed E-state index contributed by atoms with van der Waals surface area (Å²) in [6.07, 6.45) is 0.629. The van der Waals surface area contributed by atoms with Gasteiger partial charge in [-0.2, -0.15) is 0 Å². The van der Waals surface area contributed by atoms with Gasteiger partial charge in [-0.3, -0.25) is 14.5 Å². The fourth-order valence-corrected chi connectivity index (χ4v) is 5.06. The molecule has 0 radical (unpaired) electrons. The lowest BCUT2D eigenvalue weighted by atomic mass is 10.1. The first-order chi connectivity index (χ1) is 18.0. The molecule has 192 valence electrons. The van der Waals surface area contributed by atoms with Crippen LogP contribution in [0.25, 0.3) is 0 Å². The topological polar surface area (TPSA) is 89.5 Å². The predicted octanol–water partition coefficient (Wildman–Crippen LogP) is 4.92. The summed E-state index contributed by atoms with van der Waals surface area (Å²) in [7, 11) is 4.79. The Hall–Kier alpha value is -3.98. The van der Waals surface area contributed by atoms with Crippen LogP contribution in [0.3, 0.4) is 0 Å².